The summed E-state index contributed by atoms with van der Waals surface area (Å²) < 4.78 is 0. The lowest BCUT2D eigenvalue weighted by Crippen LogP contribution is -2.29. The molecule has 1 aliphatic carbocycles. The second kappa shape index (κ2) is 7.74. The summed E-state index contributed by atoms with van der Waals surface area (Å²) in [5, 5.41) is 0.197. The summed E-state index contributed by atoms with van der Waals surface area (Å²) in [6.45, 7) is 0. The van der Waals surface area contributed by atoms with Gasteiger partial charge in [-0.3, -0.25) is 0 Å². The molecule has 0 radical (unpaired) electrons. The molecule has 2 atom stereocenters. The summed E-state index contributed by atoms with van der Waals surface area (Å²) in [6, 6.07) is 29.2. The van der Waals surface area contributed by atoms with Crippen LogP contribution in [0.15, 0.2) is 103 Å². The molecule has 0 bridgehead atoms. The normalized spacial score (nSPS) is 18.8. The molecule has 6 rings (SSSR count). The van der Waals surface area contributed by atoms with E-state index in [1.165, 1.54) is 16.9 Å². The molecule has 0 saturated heterocycles. The zero-order valence-corrected chi connectivity index (χ0v) is 17.9. The van der Waals surface area contributed by atoms with Crippen LogP contribution in [0.5, 0.6) is 0 Å². The third kappa shape index (κ3) is 3.20. The Hall–Kier alpha value is -3.76. The van der Waals surface area contributed by atoms with Crippen LogP contribution in [0.2, 0.25) is 5.28 Å². The fourth-order valence-corrected chi connectivity index (χ4v) is 4.74. The molecule has 2 aliphatic rings. The second-order valence-electron chi connectivity index (χ2n) is 7.88. The molecule has 2 unspecified atom stereocenters. The monoisotopic (exact) mass is 434 g/mol. The van der Waals surface area contributed by atoms with Gasteiger partial charge in [0, 0.05) is 28.4 Å². The van der Waals surface area contributed by atoms with Crippen LogP contribution in [-0.4, -0.2) is 21.0 Å². The van der Waals surface area contributed by atoms with Gasteiger partial charge < -0.3 is 4.90 Å². The van der Waals surface area contributed by atoms with E-state index in [0.717, 1.165) is 11.1 Å². The number of anilines is 2. The molecule has 1 aliphatic heterocycles. The predicted molar refractivity (Wildman–Crippen MR) is 129 cm³/mol. The van der Waals surface area contributed by atoms with E-state index in [0.29, 0.717) is 11.6 Å². The van der Waals surface area contributed by atoms with Crippen LogP contribution in [0.25, 0.3) is 17.0 Å². The molecule has 0 spiro atoms. The zero-order chi connectivity index (χ0) is 21.5. The first kappa shape index (κ1) is 19.0. The third-order valence-electron chi connectivity index (χ3n) is 5.99. The molecule has 1 aromatic heterocycles. The lowest BCUT2D eigenvalue weighted by molar-refractivity contribution is 0.746. The Morgan fingerprint density at radius 3 is 2.22 bits per heavy atom. The van der Waals surface area contributed by atoms with Gasteiger partial charge in [0.2, 0.25) is 5.28 Å². The van der Waals surface area contributed by atoms with E-state index < -0.39 is 0 Å². The molecular formula is C27H19ClN4. The average molecular weight is 435 g/mol. The van der Waals surface area contributed by atoms with Crippen molar-refractivity contribution in [2.75, 3.05) is 4.90 Å². The van der Waals surface area contributed by atoms with Crippen LogP contribution >= 0.6 is 11.6 Å². The minimum atomic E-state index is 0.196. The smallest absolute Gasteiger partial charge is 0.226 e. The topological polar surface area (TPSA) is 41.9 Å². The largest absolute Gasteiger partial charge is 0.333 e. The van der Waals surface area contributed by atoms with Crippen molar-refractivity contribution in [3.63, 3.8) is 0 Å². The number of aromatic nitrogens is 3. The summed E-state index contributed by atoms with van der Waals surface area (Å²) in [5.41, 5.74) is 5.58. The Kier molecular flexibility index (Phi) is 4.58. The highest BCUT2D eigenvalue weighted by atomic mass is 35.5. The molecule has 2 heterocycles. The Labute approximate surface area is 191 Å². The number of hydrogen-bond donors (Lipinski definition) is 0. The Bertz CT molecular complexity index is 1350. The fourth-order valence-electron chi connectivity index (χ4n) is 4.58. The van der Waals surface area contributed by atoms with Gasteiger partial charge in [0.05, 0.1) is 6.04 Å². The summed E-state index contributed by atoms with van der Waals surface area (Å²) >= 11 is 6.29. The number of fused-ring (bicyclic) bond motifs is 3. The van der Waals surface area contributed by atoms with E-state index in [4.69, 9.17) is 16.6 Å². The van der Waals surface area contributed by atoms with E-state index in [1.54, 1.807) is 0 Å². The highest BCUT2D eigenvalue weighted by molar-refractivity contribution is 6.28. The maximum Gasteiger partial charge on any atom is 0.226 e. The molecular weight excluding hydrogens is 416 g/mol. The van der Waals surface area contributed by atoms with Crippen molar-refractivity contribution in [3.8, 4) is 11.4 Å². The van der Waals surface area contributed by atoms with Gasteiger partial charge in [0.15, 0.2) is 11.6 Å². The SMILES string of the molecule is Clc1nc(C2=CC3c4ccccc4N(c4ccccc4)C3C=C2)nc(-c2ccccc2)n1. The second-order valence-corrected chi connectivity index (χ2v) is 8.22. The van der Waals surface area contributed by atoms with Gasteiger partial charge in [-0.05, 0) is 35.4 Å². The number of hydrogen-bond acceptors (Lipinski definition) is 4. The van der Waals surface area contributed by atoms with E-state index in [9.17, 15) is 0 Å². The lowest BCUT2D eigenvalue weighted by atomic mass is 9.88. The first-order valence-electron chi connectivity index (χ1n) is 10.6. The Morgan fingerprint density at radius 1 is 0.719 bits per heavy atom. The number of nitrogens with zero attached hydrogens (tertiary/aromatic N) is 4. The van der Waals surface area contributed by atoms with Gasteiger partial charge in [-0.1, -0.05) is 85.0 Å². The maximum atomic E-state index is 6.29. The van der Waals surface area contributed by atoms with Gasteiger partial charge >= 0.3 is 0 Å². The molecule has 0 saturated carbocycles. The van der Waals surface area contributed by atoms with Crippen LogP contribution < -0.4 is 4.90 Å². The highest BCUT2D eigenvalue weighted by Gasteiger charge is 2.38. The number of halogens is 1. The summed E-state index contributed by atoms with van der Waals surface area (Å²) in [4.78, 5) is 15.9. The predicted octanol–water partition coefficient (Wildman–Crippen LogP) is 6.45. The number of allylic oxidation sites excluding steroid dienone is 2. The summed E-state index contributed by atoms with van der Waals surface area (Å²) in [6.07, 6.45) is 6.60. The molecule has 32 heavy (non-hydrogen) atoms. The summed E-state index contributed by atoms with van der Waals surface area (Å²) in [5.74, 6) is 1.37. The van der Waals surface area contributed by atoms with E-state index in [2.05, 4.69) is 81.6 Å². The third-order valence-corrected chi connectivity index (χ3v) is 6.16. The van der Waals surface area contributed by atoms with E-state index in [1.807, 2.05) is 36.4 Å². The fraction of sp³-hybridized carbons (Fsp3) is 0.0741. The van der Waals surface area contributed by atoms with E-state index in [-0.39, 0.29) is 17.2 Å². The van der Waals surface area contributed by atoms with Gasteiger partial charge in [0.1, 0.15) is 0 Å². The van der Waals surface area contributed by atoms with Crippen LogP contribution in [-0.2, 0) is 0 Å². The van der Waals surface area contributed by atoms with Crippen molar-refractivity contribution in [1.29, 1.82) is 0 Å². The van der Waals surface area contributed by atoms with Crippen molar-refractivity contribution in [3.05, 3.63) is 120 Å². The first-order valence-corrected chi connectivity index (χ1v) is 11.0. The van der Waals surface area contributed by atoms with Crippen molar-refractivity contribution >= 4 is 28.5 Å². The van der Waals surface area contributed by atoms with Crippen molar-refractivity contribution in [2.24, 2.45) is 0 Å². The van der Waals surface area contributed by atoms with Crippen LogP contribution in [0.1, 0.15) is 17.3 Å². The van der Waals surface area contributed by atoms with Crippen molar-refractivity contribution < 1.29 is 0 Å². The summed E-state index contributed by atoms with van der Waals surface area (Å²) in [7, 11) is 0. The van der Waals surface area contributed by atoms with Crippen LogP contribution in [0, 0.1) is 0 Å². The van der Waals surface area contributed by atoms with Gasteiger partial charge in [-0.2, -0.15) is 9.97 Å². The van der Waals surface area contributed by atoms with Crippen LogP contribution in [0.3, 0.4) is 0 Å². The maximum absolute atomic E-state index is 6.29. The molecule has 154 valence electrons. The molecule has 0 amide bonds. The molecule has 3 aromatic carbocycles. The van der Waals surface area contributed by atoms with Crippen molar-refractivity contribution in [1.82, 2.24) is 15.0 Å². The Morgan fingerprint density at radius 2 is 1.41 bits per heavy atom. The number of benzene rings is 3. The molecule has 4 nitrogen and oxygen atoms in total. The number of rotatable bonds is 3. The van der Waals surface area contributed by atoms with Crippen LogP contribution in [0.4, 0.5) is 11.4 Å². The average Bonchev–Trinajstić information content (AvgIpc) is 3.18. The van der Waals surface area contributed by atoms with Gasteiger partial charge in [-0.25, -0.2) is 4.98 Å². The van der Waals surface area contributed by atoms with Gasteiger partial charge in [-0.15, -0.1) is 0 Å². The minimum Gasteiger partial charge on any atom is -0.333 e. The van der Waals surface area contributed by atoms with Gasteiger partial charge in [0.25, 0.3) is 0 Å². The van der Waals surface area contributed by atoms with E-state index >= 15 is 0 Å². The highest BCUT2D eigenvalue weighted by Crippen LogP contribution is 2.48. The molecule has 5 heteroatoms. The standard InChI is InChI=1S/C27H19ClN4/c28-27-30-25(18-9-3-1-4-10-18)29-26(31-27)19-15-16-24-22(17-19)21-13-7-8-14-23(21)32(24)20-11-5-2-6-12-20/h1-17,22,24H. The minimum absolute atomic E-state index is 0.196. The first-order chi connectivity index (χ1) is 15.8. The molecule has 4 aromatic rings. The number of para-hydroxylation sites is 2. The van der Waals surface area contributed by atoms with Crippen molar-refractivity contribution in [2.45, 2.75) is 12.0 Å². The Balaban J connectivity index is 1.43. The molecule has 0 fully saturated rings. The molecule has 0 N–H and O–H groups in total. The quantitative estimate of drug-likeness (QED) is 0.371. The lowest BCUT2D eigenvalue weighted by Gasteiger charge is -2.29. The zero-order valence-electron chi connectivity index (χ0n) is 17.1.